The minimum Gasteiger partial charge on any atom is -0.490 e. The van der Waals surface area contributed by atoms with Crippen LogP contribution in [0.2, 0.25) is 0 Å². The molecule has 2 aromatic rings. The van der Waals surface area contributed by atoms with Crippen LogP contribution in [0.5, 0.6) is 5.75 Å². The molecule has 0 saturated carbocycles. The van der Waals surface area contributed by atoms with Crippen LogP contribution in [0.25, 0.3) is 6.08 Å². The molecule has 0 radical (unpaired) electrons. The van der Waals surface area contributed by atoms with Gasteiger partial charge in [0.15, 0.2) is 5.75 Å². The fraction of sp³-hybridized carbons (Fsp3) is 0.167. The zero-order chi connectivity index (χ0) is 21.1. The van der Waals surface area contributed by atoms with Crippen molar-refractivity contribution >= 4 is 40.6 Å². The first-order chi connectivity index (χ1) is 13.8. The molecule has 1 aliphatic rings. The molecule has 3 rings (SSSR count). The zero-order valence-electron chi connectivity index (χ0n) is 15.2. The summed E-state index contributed by atoms with van der Waals surface area (Å²) < 4.78 is 14.8. The second kappa shape index (κ2) is 8.19. The lowest BCUT2D eigenvalue weighted by molar-refractivity contribution is -0.385. The number of nitro groups is 1. The third-order valence-corrected chi connectivity index (χ3v) is 4.84. The van der Waals surface area contributed by atoms with Gasteiger partial charge in [0.1, 0.15) is 5.76 Å². The quantitative estimate of drug-likeness (QED) is 0.300. The largest absolute Gasteiger partial charge is 0.490 e. The highest BCUT2D eigenvalue weighted by Gasteiger charge is 2.36. The first kappa shape index (κ1) is 20.1. The number of rotatable bonds is 6. The van der Waals surface area contributed by atoms with Gasteiger partial charge in [-0.25, -0.2) is 4.79 Å². The molecule has 150 valence electrons. The molecule has 2 heterocycles. The predicted octanol–water partition coefficient (Wildman–Crippen LogP) is 3.22. The monoisotopic (exact) mass is 418 g/mol. The van der Waals surface area contributed by atoms with E-state index in [1.54, 1.807) is 0 Å². The van der Waals surface area contributed by atoms with Crippen molar-refractivity contribution < 1.29 is 33.2 Å². The van der Waals surface area contributed by atoms with E-state index in [1.165, 1.54) is 50.6 Å². The molecule has 1 aromatic carbocycles. The number of methoxy groups -OCH3 is 2. The van der Waals surface area contributed by atoms with Crippen molar-refractivity contribution in [3.8, 4) is 5.75 Å². The lowest BCUT2D eigenvalue weighted by Gasteiger charge is -2.09. The summed E-state index contributed by atoms with van der Waals surface area (Å²) in [7, 11) is 2.52. The number of carbonyl (C=O) groups is 3. The van der Waals surface area contributed by atoms with Gasteiger partial charge in [0.05, 0.1) is 30.6 Å². The van der Waals surface area contributed by atoms with Gasteiger partial charge in [-0.3, -0.25) is 24.6 Å². The minimum absolute atomic E-state index is 0.0458. The molecule has 1 fully saturated rings. The van der Waals surface area contributed by atoms with Crippen molar-refractivity contribution in [2.45, 2.75) is 6.54 Å². The van der Waals surface area contributed by atoms with Gasteiger partial charge in [0.25, 0.3) is 11.1 Å². The van der Waals surface area contributed by atoms with Crippen molar-refractivity contribution in [1.82, 2.24) is 4.90 Å². The Balaban J connectivity index is 1.81. The fourth-order valence-corrected chi connectivity index (χ4v) is 3.39. The average Bonchev–Trinajstić information content (AvgIpc) is 3.28. The van der Waals surface area contributed by atoms with Crippen LogP contribution in [-0.4, -0.2) is 41.2 Å². The second-order valence-electron chi connectivity index (χ2n) is 5.71. The molecule has 11 heteroatoms. The van der Waals surface area contributed by atoms with Crippen LogP contribution in [0, 0.1) is 10.1 Å². The Labute approximate surface area is 168 Å². The van der Waals surface area contributed by atoms with Gasteiger partial charge in [-0.1, -0.05) is 6.07 Å². The Morgan fingerprint density at radius 2 is 2.03 bits per heavy atom. The van der Waals surface area contributed by atoms with Gasteiger partial charge in [-0.2, -0.15) is 0 Å². The summed E-state index contributed by atoms with van der Waals surface area (Å²) in [6, 6.07) is 7.04. The number of ether oxygens (including phenoxy) is 2. The summed E-state index contributed by atoms with van der Waals surface area (Å²) in [5.41, 5.74) is 0.111. The van der Waals surface area contributed by atoms with E-state index in [2.05, 4.69) is 4.74 Å². The molecule has 0 N–H and O–H groups in total. The normalized spacial score (nSPS) is 15.1. The van der Waals surface area contributed by atoms with Gasteiger partial charge < -0.3 is 13.9 Å². The summed E-state index contributed by atoms with van der Waals surface area (Å²) in [4.78, 5) is 47.9. The molecule has 1 aliphatic heterocycles. The lowest BCUT2D eigenvalue weighted by atomic mass is 10.1. The highest BCUT2D eigenvalue weighted by atomic mass is 32.2. The van der Waals surface area contributed by atoms with Crippen LogP contribution < -0.4 is 4.74 Å². The molecule has 1 saturated heterocycles. The maximum Gasteiger partial charge on any atom is 0.373 e. The summed E-state index contributed by atoms with van der Waals surface area (Å²) in [6.45, 7) is -0.165. The number of esters is 1. The van der Waals surface area contributed by atoms with Crippen molar-refractivity contribution in [3.63, 3.8) is 0 Å². The van der Waals surface area contributed by atoms with Crippen LogP contribution in [0.3, 0.4) is 0 Å². The summed E-state index contributed by atoms with van der Waals surface area (Å²) >= 11 is 0.702. The van der Waals surface area contributed by atoms with E-state index in [0.717, 1.165) is 4.90 Å². The topological polar surface area (TPSA) is 129 Å². The van der Waals surface area contributed by atoms with Crippen LogP contribution in [-0.2, 0) is 16.1 Å². The molecule has 2 amide bonds. The lowest BCUT2D eigenvalue weighted by Crippen LogP contribution is -2.27. The highest BCUT2D eigenvalue weighted by molar-refractivity contribution is 8.18. The van der Waals surface area contributed by atoms with Gasteiger partial charge in [0, 0.05) is 6.07 Å². The molecule has 29 heavy (non-hydrogen) atoms. The molecular formula is C18H14N2O8S. The molecule has 0 bridgehead atoms. The third-order valence-electron chi connectivity index (χ3n) is 3.93. The van der Waals surface area contributed by atoms with Crippen molar-refractivity contribution in [3.05, 3.63) is 62.4 Å². The number of imide groups is 1. The van der Waals surface area contributed by atoms with E-state index in [0.29, 0.717) is 17.3 Å². The molecule has 1 aromatic heterocycles. The standard InChI is InChI=1S/C18H14N2O8S/c1-26-13-5-3-10(7-12(13)20(24)25)8-15-16(21)19(18(23)29-15)9-11-4-6-14(28-11)17(22)27-2/h3-8H,9H2,1-2H3. The van der Waals surface area contributed by atoms with Gasteiger partial charge >= 0.3 is 11.7 Å². The van der Waals surface area contributed by atoms with Crippen LogP contribution in [0.15, 0.2) is 39.7 Å². The maximum absolute atomic E-state index is 12.6. The number of hydrogen-bond acceptors (Lipinski definition) is 9. The van der Waals surface area contributed by atoms with Crippen molar-refractivity contribution in [2.24, 2.45) is 0 Å². The Hall–Kier alpha value is -3.60. The number of carbonyl (C=O) groups excluding carboxylic acids is 3. The van der Waals surface area contributed by atoms with Crippen molar-refractivity contribution in [1.29, 1.82) is 0 Å². The number of thioether (sulfide) groups is 1. The van der Waals surface area contributed by atoms with E-state index < -0.39 is 22.0 Å². The Kier molecular flexibility index (Phi) is 5.69. The predicted molar refractivity (Wildman–Crippen MR) is 101 cm³/mol. The van der Waals surface area contributed by atoms with Crippen LogP contribution in [0.1, 0.15) is 21.9 Å². The third kappa shape index (κ3) is 4.14. The number of benzene rings is 1. The number of amides is 2. The second-order valence-corrected chi connectivity index (χ2v) is 6.71. The average molecular weight is 418 g/mol. The smallest absolute Gasteiger partial charge is 0.373 e. The molecular weight excluding hydrogens is 404 g/mol. The molecule has 10 nitrogen and oxygen atoms in total. The SMILES string of the molecule is COC(=O)c1ccc(CN2C(=O)SC(=Cc3ccc(OC)c([N+](=O)[O-])c3)C2=O)o1. The first-order valence-electron chi connectivity index (χ1n) is 8.09. The molecule has 0 spiro atoms. The number of nitrogens with zero attached hydrogens (tertiary/aromatic N) is 2. The Morgan fingerprint density at radius 1 is 1.28 bits per heavy atom. The van der Waals surface area contributed by atoms with E-state index in [1.807, 2.05) is 0 Å². The Bertz CT molecular complexity index is 1040. The molecule has 0 unspecified atom stereocenters. The summed E-state index contributed by atoms with van der Waals surface area (Å²) in [5.74, 6) is -0.982. The van der Waals surface area contributed by atoms with Crippen LogP contribution >= 0.6 is 11.8 Å². The molecule has 0 aliphatic carbocycles. The minimum atomic E-state index is -0.675. The van der Waals surface area contributed by atoms with E-state index in [9.17, 15) is 24.5 Å². The molecule has 0 atom stereocenters. The number of nitro benzene ring substituents is 1. The number of hydrogen-bond donors (Lipinski definition) is 0. The van der Waals surface area contributed by atoms with Crippen LogP contribution in [0.4, 0.5) is 10.5 Å². The summed E-state index contributed by atoms with van der Waals surface area (Å²) in [6.07, 6.45) is 1.39. The fourth-order valence-electron chi connectivity index (χ4n) is 2.56. The van der Waals surface area contributed by atoms with E-state index in [-0.39, 0.29) is 34.4 Å². The van der Waals surface area contributed by atoms with E-state index in [4.69, 9.17) is 9.15 Å². The first-order valence-corrected chi connectivity index (χ1v) is 8.90. The van der Waals surface area contributed by atoms with Gasteiger partial charge in [-0.15, -0.1) is 0 Å². The Morgan fingerprint density at radius 3 is 2.69 bits per heavy atom. The number of furan rings is 1. The van der Waals surface area contributed by atoms with E-state index >= 15 is 0 Å². The maximum atomic E-state index is 12.6. The summed E-state index contributed by atoms with van der Waals surface area (Å²) in [5, 5.41) is 10.6. The van der Waals surface area contributed by atoms with Crippen molar-refractivity contribution in [2.75, 3.05) is 14.2 Å². The highest BCUT2D eigenvalue weighted by Crippen LogP contribution is 2.35. The zero-order valence-corrected chi connectivity index (χ0v) is 16.1. The van der Waals surface area contributed by atoms with Gasteiger partial charge in [0.2, 0.25) is 5.76 Å². The van der Waals surface area contributed by atoms with Gasteiger partial charge in [-0.05, 0) is 41.6 Å².